The summed E-state index contributed by atoms with van der Waals surface area (Å²) in [6.07, 6.45) is 5.90. The first-order valence-corrected chi connectivity index (χ1v) is 6.17. The normalized spacial score (nSPS) is 22.5. The molecule has 2 rings (SSSR count). The van der Waals surface area contributed by atoms with Crippen molar-refractivity contribution in [3.63, 3.8) is 0 Å². The van der Waals surface area contributed by atoms with Gasteiger partial charge < -0.3 is 5.32 Å². The van der Waals surface area contributed by atoms with E-state index in [1.807, 2.05) is 25.0 Å². The third-order valence-electron chi connectivity index (χ3n) is 3.48. The highest BCUT2D eigenvalue weighted by molar-refractivity contribution is 5.00. The maximum atomic E-state index is 4.23. The third kappa shape index (κ3) is 2.62. The number of likely N-dealkylation sites (N-methyl/N-ethyl adjacent to an activating group) is 1. The predicted molar refractivity (Wildman–Crippen MR) is 65.2 cm³/mol. The molecule has 1 fully saturated rings. The molecule has 4 heteroatoms. The minimum absolute atomic E-state index is 0.689. The lowest BCUT2D eigenvalue weighted by Gasteiger charge is -2.35. The topological polar surface area (TPSA) is 33.1 Å². The van der Waals surface area contributed by atoms with Gasteiger partial charge >= 0.3 is 0 Å². The average molecular weight is 222 g/mol. The van der Waals surface area contributed by atoms with Gasteiger partial charge in [-0.3, -0.25) is 9.58 Å². The number of aromatic nitrogens is 2. The molecule has 0 saturated carbocycles. The van der Waals surface area contributed by atoms with E-state index in [4.69, 9.17) is 0 Å². The number of rotatable bonds is 4. The molecule has 1 aromatic heterocycles. The Morgan fingerprint density at radius 3 is 3.06 bits per heavy atom. The van der Waals surface area contributed by atoms with E-state index in [0.717, 1.165) is 13.1 Å². The van der Waals surface area contributed by atoms with E-state index in [-0.39, 0.29) is 0 Å². The minimum atomic E-state index is 0.689. The largest absolute Gasteiger partial charge is 0.318 e. The fourth-order valence-corrected chi connectivity index (χ4v) is 2.50. The second-order valence-corrected chi connectivity index (χ2v) is 4.62. The first-order chi connectivity index (χ1) is 7.81. The molecule has 0 radical (unpaired) electrons. The summed E-state index contributed by atoms with van der Waals surface area (Å²) in [5.74, 6) is 0. The SMILES string of the molecule is CNCC1CCCCN1Cc1ccnn1C. The van der Waals surface area contributed by atoms with Crippen molar-refractivity contribution < 1.29 is 0 Å². The Balaban J connectivity index is 1.98. The zero-order valence-corrected chi connectivity index (χ0v) is 10.3. The van der Waals surface area contributed by atoms with E-state index in [9.17, 15) is 0 Å². The number of nitrogens with zero attached hydrogens (tertiary/aromatic N) is 3. The van der Waals surface area contributed by atoms with Crippen molar-refractivity contribution in [1.82, 2.24) is 20.0 Å². The summed E-state index contributed by atoms with van der Waals surface area (Å²) >= 11 is 0. The Morgan fingerprint density at radius 1 is 1.50 bits per heavy atom. The van der Waals surface area contributed by atoms with E-state index in [0.29, 0.717) is 6.04 Å². The Labute approximate surface area is 97.6 Å². The zero-order valence-electron chi connectivity index (χ0n) is 10.3. The third-order valence-corrected chi connectivity index (χ3v) is 3.48. The highest BCUT2D eigenvalue weighted by atomic mass is 15.3. The molecule has 0 aliphatic carbocycles. The van der Waals surface area contributed by atoms with Gasteiger partial charge in [-0.05, 0) is 32.5 Å². The van der Waals surface area contributed by atoms with Gasteiger partial charge in [-0.25, -0.2) is 0 Å². The lowest BCUT2D eigenvalue weighted by atomic mass is 10.0. The quantitative estimate of drug-likeness (QED) is 0.825. The van der Waals surface area contributed by atoms with Gasteiger partial charge in [-0.2, -0.15) is 5.10 Å². The lowest BCUT2D eigenvalue weighted by molar-refractivity contribution is 0.136. The Kier molecular flexibility index (Phi) is 3.96. The van der Waals surface area contributed by atoms with Gasteiger partial charge in [-0.1, -0.05) is 6.42 Å². The number of piperidine rings is 1. The van der Waals surface area contributed by atoms with Crippen molar-refractivity contribution in [3.05, 3.63) is 18.0 Å². The molecule has 1 aromatic rings. The summed E-state index contributed by atoms with van der Waals surface area (Å²) in [5, 5.41) is 7.53. The number of nitrogens with one attached hydrogen (secondary N) is 1. The fourth-order valence-electron chi connectivity index (χ4n) is 2.50. The van der Waals surface area contributed by atoms with Crippen LogP contribution in [0.5, 0.6) is 0 Å². The molecule has 0 spiro atoms. The summed E-state index contributed by atoms with van der Waals surface area (Å²) < 4.78 is 1.98. The summed E-state index contributed by atoms with van der Waals surface area (Å²) in [6.45, 7) is 3.35. The lowest BCUT2D eigenvalue weighted by Crippen LogP contribution is -2.44. The number of hydrogen-bond acceptors (Lipinski definition) is 3. The fraction of sp³-hybridized carbons (Fsp3) is 0.750. The molecule has 90 valence electrons. The number of hydrogen-bond donors (Lipinski definition) is 1. The van der Waals surface area contributed by atoms with Crippen molar-refractivity contribution >= 4 is 0 Å². The Hall–Kier alpha value is -0.870. The first kappa shape index (κ1) is 11.6. The Morgan fingerprint density at radius 2 is 2.38 bits per heavy atom. The van der Waals surface area contributed by atoms with Crippen molar-refractivity contribution in [3.8, 4) is 0 Å². The molecule has 0 amide bonds. The summed E-state index contributed by atoms with van der Waals surface area (Å²) in [4.78, 5) is 2.58. The predicted octanol–water partition coefficient (Wildman–Crippen LogP) is 0.994. The highest BCUT2D eigenvalue weighted by Crippen LogP contribution is 2.18. The second-order valence-electron chi connectivity index (χ2n) is 4.62. The zero-order chi connectivity index (χ0) is 11.4. The molecule has 0 bridgehead atoms. The molecule has 1 aliphatic heterocycles. The maximum absolute atomic E-state index is 4.23. The van der Waals surface area contributed by atoms with Crippen LogP contribution in [-0.4, -0.2) is 40.9 Å². The summed E-state index contributed by atoms with van der Waals surface area (Å²) in [6, 6.07) is 2.80. The van der Waals surface area contributed by atoms with Crippen LogP contribution in [0, 0.1) is 0 Å². The molecule has 1 saturated heterocycles. The van der Waals surface area contributed by atoms with E-state index >= 15 is 0 Å². The molecule has 1 N–H and O–H groups in total. The van der Waals surface area contributed by atoms with E-state index in [1.165, 1.54) is 31.5 Å². The Bertz CT molecular complexity index is 319. The minimum Gasteiger partial charge on any atom is -0.318 e. The van der Waals surface area contributed by atoms with Gasteiger partial charge in [-0.15, -0.1) is 0 Å². The average Bonchev–Trinajstić information content (AvgIpc) is 2.68. The molecular formula is C12H22N4. The smallest absolute Gasteiger partial charge is 0.0521 e. The van der Waals surface area contributed by atoms with Crippen LogP contribution in [0.25, 0.3) is 0 Å². The van der Waals surface area contributed by atoms with Crippen LogP contribution in [0.15, 0.2) is 12.3 Å². The van der Waals surface area contributed by atoms with Crippen LogP contribution < -0.4 is 5.32 Å². The van der Waals surface area contributed by atoms with Gasteiger partial charge in [0.15, 0.2) is 0 Å². The van der Waals surface area contributed by atoms with Gasteiger partial charge in [0.2, 0.25) is 0 Å². The molecular weight excluding hydrogens is 200 g/mol. The molecule has 0 aromatic carbocycles. The standard InChI is InChI=1S/C12H22N4/c1-13-9-11-5-3-4-8-16(11)10-12-6-7-14-15(12)2/h6-7,11,13H,3-5,8-10H2,1-2H3. The van der Waals surface area contributed by atoms with Crippen LogP contribution in [0.2, 0.25) is 0 Å². The monoisotopic (exact) mass is 222 g/mol. The summed E-state index contributed by atoms with van der Waals surface area (Å²) in [7, 11) is 4.06. The molecule has 2 heterocycles. The molecule has 16 heavy (non-hydrogen) atoms. The number of aryl methyl sites for hydroxylation is 1. The van der Waals surface area contributed by atoms with E-state index < -0.39 is 0 Å². The van der Waals surface area contributed by atoms with Gasteiger partial charge in [0, 0.05) is 32.4 Å². The molecule has 1 unspecified atom stereocenters. The second kappa shape index (κ2) is 5.46. The van der Waals surface area contributed by atoms with Gasteiger partial charge in [0.05, 0.1) is 5.69 Å². The van der Waals surface area contributed by atoms with Crippen LogP contribution in [0.1, 0.15) is 25.0 Å². The summed E-state index contributed by atoms with van der Waals surface area (Å²) in [5.41, 5.74) is 1.31. The van der Waals surface area contributed by atoms with Gasteiger partial charge in [0.1, 0.15) is 0 Å². The van der Waals surface area contributed by atoms with E-state index in [2.05, 4.69) is 21.4 Å². The maximum Gasteiger partial charge on any atom is 0.0521 e. The molecule has 1 aliphatic rings. The van der Waals surface area contributed by atoms with Gasteiger partial charge in [0.25, 0.3) is 0 Å². The van der Waals surface area contributed by atoms with Crippen molar-refractivity contribution in [2.45, 2.75) is 31.8 Å². The molecule has 1 atom stereocenters. The van der Waals surface area contributed by atoms with E-state index in [1.54, 1.807) is 0 Å². The van der Waals surface area contributed by atoms with Crippen molar-refractivity contribution in [2.24, 2.45) is 7.05 Å². The number of likely N-dealkylation sites (tertiary alicyclic amines) is 1. The van der Waals surface area contributed by atoms with Crippen LogP contribution in [-0.2, 0) is 13.6 Å². The van der Waals surface area contributed by atoms with Crippen molar-refractivity contribution in [2.75, 3.05) is 20.1 Å². The van der Waals surface area contributed by atoms with Crippen LogP contribution in [0.4, 0.5) is 0 Å². The van der Waals surface area contributed by atoms with Crippen molar-refractivity contribution in [1.29, 1.82) is 0 Å². The molecule has 4 nitrogen and oxygen atoms in total. The first-order valence-electron chi connectivity index (χ1n) is 6.17. The highest BCUT2D eigenvalue weighted by Gasteiger charge is 2.22. The van der Waals surface area contributed by atoms with Crippen LogP contribution >= 0.6 is 0 Å². The van der Waals surface area contributed by atoms with Crippen LogP contribution in [0.3, 0.4) is 0 Å².